The van der Waals surface area contributed by atoms with Gasteiger partial charge in [-0.25, -0.2) is 0 Å². The highest BCUT2D eigenvalue weighted by Crippen LogP contribution is 2.41. The van der Waals surface area contributed by atoms with Crippen LogP contribution in [0.4, 0.5) is 0 Å². The smallest absolute Gasteiger partial charge is 0.0233 e. The molecule has 1 aromatic rings. The maximum Gasteiger partial charge on any atom is 0.0233 e. The number of hydrogen-bond donors (Lipinski definition) is 0. The van der Waals surface area contributed by atoms with Gasteiger partial charge in [-0.2, -0.15) is 0 Å². The van der Waals surface area contributed by atoms with Gasteiger partial charge in [-0.1, -0.05) is 30.3 Å². The molecule has 0 aromatic heterocycles. The first-order chi connectivity index (χ1) is 6.92. The van der Waals surface area contributed by atoms with Crippen molar-refractivity contribution in [1.29, 1.82) is 0 Å². The maximum absolute atomic E-state index is 2.57. The standard InChI is InChI=1S/C13H17N/c1-2-4-11(5-3-1)8-14-9-13(10-14)12-6-7-12/h1-5,12-13H,6-10H2. The van der Waals surface area contributed by atoms with Gasteiger partial charge in [-0.3, -0.25) is 4.90 Å². The molecule has 1 aromatic carbocycles. The molecule has 1 saturated carbocycles. The Bertz CT molecular complexity index is 296. The normalized spacial score (nSPS) is 23.4. The van der Waals surface area contributed by atoms with Crippen molar-refractivity contribution in [2.24, 2.45) is 11.8 Å². The Morgan fingerprint density at radius 2 is 1.71 bits per heavy atom. The van der Waals surface area contributed by atoms with Crippen LogP contribution in [-0.4, -0.2) is 18.0 Å². The van der Waals surface area contributed by atoms with Gasteiger partial charge in [0.1, 0.15) is 0 Å². The molecular weight excluding hydrogens is 170 g/mol. The van der Waals surface area contributed by atoms with E-state index >= 15 is 0 Å². The third-order valence-corrected chi connectivity index (χ3v) is 3.52. The van der Waals surface area contributed by atoms with Gasteiger partial charge < -0.3 is 0 Å². The minimum absolute atomic E-state index is 1.04. The summed E-state index contributed by atoms with van der Waals surface area (Å²) in [5, 5.41) is 0. The van der Waals surface area contributed by atoms with Crippen molar-refractivity contribution < 1.29 is 0 Å². The van der Waals surface area contributed by atoms with Crippen molar-refractivity contribution in [3.63, 3.8) is 0 Å². The lowest BCUT2D eigenvalue weighted by molar-refractivity contribution is 0.0776. The van der Waals surface area contributed by atoms with Crippen LogP contribution < -0.4 is 0 Å². The molecule has 0 N–H and O–H groups in total. The highest BCUT2D eigenvalue weighted by Gasteiger charge is 2.38. The highest BCUT2D eigenvalue weighted by atomic mass is 15.2. The fraction of sp³-hybridized carbons (Fsp3) is 0.538. The molecule has 0 atom stereocenters. The summed E-state index contributed by atoms with van der Waals surface area (Å²) in [6.45, 7) is 3.85. The first-order valence-corrected chi connectivity index (χ1v) is 5.68. The average molecular weight is 187 g/mol. The minimum atomic E-state index is 1.04. The number of likely N-dealkylation sites (tertiary alicyclic amines) is 1. The summed E-state index contributed by atoms with van der Waals surface area (Å²) in [7, 11) is 0. The van der Waals surface area contributed by atoms with Crippen LogP contribution in [0.25, 0.3) is 0 Å². The molecule has 0 bridgehead atoms. The fourth-order valence-electron chi connectivity index (χ4n) is 2.45. The van der Waals surface area contributed by atoms with E-state index in [0.717, 1.165) is 18.4 Å². The SMILES string of the molecule is c1ccc(CN2CC(C3CC3)C2)cc1. The lowest BCUT2D eigenvalue weighted by Gasteiger charge is -2.39. The van der Waals surface area contributed by atoms with E-state index in [4.69, 9.17) is 0 Å². The predicted octanol–water partition coefficient (Wildman–Crippen LogP) is 2.53. The molecule has 1 nitrogen and oxygen atoms in total. The van der Waals surface area contributed by atoms with E-state index in [1.807, 2.05) is 0 Å². The van der Waals surface area contributed by atoms with Crippen LogP contribution in [0.5, 0.6) is 0 Å². The number of nitrogens with zero attached hydrogens (tertiary/aromatic N) is 1. The molecule has 3 rings (SSSR count). The van der Waals surface area contributed by atoms with Gasteiger partial charge in [0.25, 0.3) is 0 Å². The summed E-state index contributed by atoms with van der Waals surface area (Å²) in [6, 6.07) is 10.8. The van der Waals surface area contributed by atoms with E-state index in [1.54, 1.807) is 0 Å². The van der Waals surface area contributed by atoms with E-state index in [9.17, 15) is 0 Å². The fourth-order valence-corrected chi connectivity index (χ4v) is 2.45. The molecule has 0 unspecified atom stereocenters. The van der Waals surface area contributed by atoms with Gasteiger partial charge in [-0.05, 0) is 30.2 Å². The molecule has 1 saturated heterocycles. The van der Waals surface area contributed by atoms with Crippen molar-refractivity contribution in [3.05, 3.63) is 35.9 Å². The zero-order valence-corrected chi connectivity index (χ0v) is 8.52. The van der Waals surface area contributed by atoms with Gasteiger partial charge in [0, 0.05) is 19.6 Å². The van der Waals surface area contributed by atoms with E-state index < -0.39 is 0 Å². The van der Waals surface area contributed by atoms with E-state index in [2.05, 4.69) is 35.2 Å². The molecule has 74 valence electrons. The Morgan fingerprint density at radius 3 is 2.36 bits per heavy atom. The molecule has 0 spiro atoms. The molecule has 0 radical (unpaired) electrons. The summed E-state index contributed by atoms with van der Waals surface area (Å²) in [5.41, 5.74) is 1.46. The van der Waals surface area contributed by atoms with Crippen molar-refractivity contribution >= 4 is 0 Å². The van der Waals surface area contributed by atoms with Crippen LogP contribution in [0, 0.1) is 11.8 Å². The number of rotatable bonds is 3. The van der Waals surface area contributed by atoms with Crippen molar-refractivity contribution in [2.45, 2.75) is 19.4 Å². The molecule has 0 amide bonds. The Labute approximate surface area is 85.7 Å². The molecule has 1 heteroatoms. The average Bonchev–Trinajstić information content (AvgIpc) is 2.96. The number of benzene rings is 1. The predicted molar refractivity (Wildman–Crippen MR) is 57.9 cm³/mol. The van der Waals surface area contributed by atoms with Crippen LogP contribution in [0.2, 0.25) is 0 Å². The summed E-state index contributed by atoms with van der Waals surface area (Å²) in [5.74, 6) is 2.14. The summed E-state index contributed by atoms with van der Waals surface area (Å²) in [4.78, 5) is 2.57. The van der Waals surface area contributed by atoms with E-state index in [1.165, 1.54) is 31.5 Å². The van der Waals surface area contributed by atoms with Crippen LogP contribution in [-0.2, 0) is 6.54 Å². The van der Waals surface area contributed by atoms with Crippen LogP contribution in [0.1, 0.15) is 18.4 Å². The maximum atomic E-state index is 2.57. The van der Waals surface area contributed by atoms with Gasteiger partial charge in [0.15, 0.2) is 0 Å². The topological polar surface area (TPSA) is 3.24 Å². The largest absolute Gasteiger partial charge is 0.298 e. The summed E-state index contributed by atoms with van der Waals surface area (Å²) in [6.07, 6.45) is 3.01. The van der Waals surface area contributed by atoms with Crippen molar-refractivity contribution in [2.75, 3.05) is 13.1 Å². The summed E-state index contributed by atoms with van der Waals surface area (Å²) < 4.78 is 0. The third-order valence-electron chi connectivity index (χ3n) is 3.52. The van der Waals surface area contributed by atoms with Gasteiger partial charge in [0.05, 0.1) is 0 Å². The van der Waals surface area contributed by atoms with Crippen molar-refractivity contribution in [1.82, 2.24) is 4.90 Å². The Morgan fingerprint density at radius 1 is 1.00 bits per heavy atom. The first kappa shape index (κ1) is 8.49. The Balaban J connectivity index is 1.50. The molecule has 14 heavy (non-hydrogen) atoms. The highest BCUT2D eigenvalue weighted by molar-refractivity contribution is 5.15. The Hall–Kier alpha value is -0.820. The second kappa shape index (κ2) is 3.39. The number of hydrogen-bond acceptors (Lipinski definition) is 1. The molecular formula is C13H17N. The lowest BCUT2D eigenvalue weighted by atomic mass is 9.94. The lowest BCUT2D eigenvalue weighted by Crippen LogP contribution is -2.46. The molecule has 1 aliphatic heterocycles. The van der Waals surface area contributed by atoms with Gasteiger partial charge >= 0.3 is 0 Å². The van der Waals surface area contributed by atoms with Gasteiger partial charge in [0.2, 0.25) is 0 Å². The Kier molecular flexibility index (Phi) is 2.06. The van der Waals surface area contributed by atoms with Gasteiger partial charge in [-0.15, -0.1) is 0 Å². The van der Waals surface area contributed by atoms with E-state index in [-0.39, 0.29) is 0 Å². The van der Waals surface area contributed by atoms with Crippen LogP contribution in [0.15, 0.2) is 30.3 Å². The zero-order valence-electron chi connectivity index (χ0n) is 8.52. The molecule has 1 heterocycles. The van der Waals surface area contributed by atoms with Crippen molar-refractivity contribution in [3.8, 4) is 0 Å². The molecule has 2 fully saturated rings. The molecule has 2 aliphatic rings. The quantitative estimate of drug-likeness (QED) is 0.703. The van der Waals surface area contributed by atoms with Crippen LogP contribution in [0.3, 0.4) is 0 Å². The van der Waals surface area contributed by atoms with E-state index in [0.29, 0.717) is 0 Å². The summed E-state index contributed by atoms with van der Waals surface area (Å²) >= 11 is 0. The third kappa shape index (κ3) is 1.69. The van der Waals surface area contributed by atoms with Crippen LogP contribution >= 0.6 is 0 Å². The second-order valence-corrected chi connectivity index (χ2v) is 4.78. The second-order valence-electron chi connectivity index (χ2n) is 4.78. The minimum Gasteiger partial charge on any atom is -0.298 e. The zero-order chi connectivity index (χ0) is 9.38. The monoisotopic (exact) mass is 187 g/mol. The molecule has 1 aliphatic carbocycles. The first-order valence-electron chi connectivity index (χ1n) is 5.68.